The summed E-state index contributed by atoms with van der Waals surface area (Å²) in [5.41, 5.74) is 0. The van der Waals surface area contributed by atoms with Gasteiger partial charge in [0.15, 0.2) is 0 Å². The first-order valence-corrected chi connectivity index (χ1v) is 7.09. The molecule has 1 N–H and O–H groups in total. The first kappa shape index (κ1) is 15.7. The molecular formula is C10H14ClN3O4S. The number of hydrogen-bond acceptors (Lipinski definition) is 5. The highest BCUT2D eigenvalue weighted by Gasteiger charge is 2.19. The van der Waals surface area contributed by atoms with Crippen molar-refractivity contribution in [2.24, 2.45) is 0 Å². The Labute approximate surface area is 116 Å². The number of rotatable bonds is 6. The van der Waals surface area contributed by atoms with E-state index in [1.807, 2.05) is 0 Å². The number of carbonyl (C=O) groups excluding carboxylic acids is 1. The van der Waals surface area contributed by atoms with E-state index in [-0.39, 0.29) is 18.8 Å². The lowest BCUT2D eigenvalue weighted by Crippen LogP contribution is -2.34. The smallest absolute Gasteiger partial charge is 0.306 e. The van der Waals surface area contributed by atoms with Crippen LogP contribution in [0, 0.1) is 0 Å². The Morgan fingerprint density at radius 3 is 2.74 bits per heavy atom. The summed E-state index contributed by atoms with van der Waals surface area (Å²) in [6.07, 6.45) is 1.30. The van der Waals surface area contributed by atoms with Gasteiger partial charge in [0.25, 0.3) is 0 Å². The number of anilines is 1. The van der Waals surface area contributed by atoms with Gasteiger partial charge in [0, 0.05) is 19.8 Å². The van der Waals surface area contributed by atoms with Crippen molar-refractivity contribution in [3.8, 4) is 0 Å². The molecule has 0 saturated carbocycles. The second-order valence-electron chi connectivity index (χ2n) is 3.62. The Morgan fingerprint density at radius 2 is 2.21 bits per heavy atom. The molecule has 19 heavy (non-hydrogen) atoms. The number of ether oxygens (including phenoxy) is 1. The molecule has 0 saturated heterocycles. The highest BCUT2D eigenvalue weighted by molar-refractivity contribution is 7.90. The van der Waals surface area contributed by atoms with Crippen LogP contribution in [0.15, 0.2) is 18.3 Å². The Bertz CT molecular complexity index is 532. The molecule has 1 rings (SSSR count). The molecule has 1 heterocycles. The minimum absolute atomic E-state index is 0.00952. The van der Waals surface area contributed by atoms with Gasteiger partial charge in [0.1, 0.15) is 5.82 Å². The molecule has 0 unspecified atom stereocenters. The first-order chi connectivity index (χ1) is 8.85. The van der Waals surface area contributed by atoms with Crippen LogP contribution >= 0.6 is 11.6 Å². The molecule has 0 radical (unpaired) electrons. The standard InChI is InChI=1S/C10H14ClN3O4S/c1-14(6-5-10(15)18-2)19(16,17)13-9-4-3-8(11)7-12-9/h3-4,7H,5-6H2,1-2H3,(H,12,13). The molecule has 0 aliphatic rings. The molecule has 0 atom stereocenters. The lowest BCUT2D eigenvalue weighted by Gasteiger charge is -2.17. The molecule has 1 aromatic heterocycles. The molecule has 0 aliphatic heterocycles. The topological polar surface area (TPSA) is 88.6 Å². The summed E-state index contributed by atoms with van der Waals surface area (Å²) < 4.78 is 31.5. The SMILES string of the molecule is COC(=O)CCN(C)S(=O)(=O)Nc1ccc(Cl)cn1. The van der Waals surface area contributed by atoms with Gasteiger partial charge in [-0.2, -0.15) is 12.7 Å². The number of nitrogens with one attached hydrogen (secondary N) is 1. The maximum atomic E-state index is 11.9. The van der Waals surface area contributed by atoms with Gasteiger partial charge in [-0.3, -0.25) is 9.52 Å². The fourth-order valence-electron chi connectivity index (χ4n) is 1.12. The third-order valence-electron chi connectivity index (χ3n) is 2.23. The summed E-state index contributed by atoms with van der Waals surface area (Å²) in [6, 6.07) is 2.95. The van der Waals surface area contributed by atoms with E-state index < -0.39 is 16.2 Å². The largest absolute Gasteiger partial charge is 0.469 e. The predicted molar refractivity (Wildman–Crippen MR) is 71.1 cm³/mol. The molecule has 0 spiro atoms. The van der Waals surface area contributed by atoms with Crippen LogP contribution in [0.4, 0.5) is 5.82 Å². The number of pyridine rings is 1. The number of hydrogen-bond donors (Lipinski definition) is 1. The Morgan fingerprint density at radius 1 is 1.53 bits per heavy atom. The van der Waals surface area contributed by atoms with E-state index in [9.17, 15) is 13.2 Å². The molecule has 0 aromatic carbocycles. The zero-order valence-corrected chi connectivity index (χ0v) is 12.0. The molecule has 1 aromatic rings. The lowest BCUT2D eigenvalue weighted by molar-refractivity contribution is -0.140. The van der Waals surface area contributed by atoms with Crippen LogP contribution in [0.5, 0.6) is 0 Å². The minimum Gasteiger partial charge on any atom is -0.469 e. The zero-order valence-electron chi connectivity index (χ0n) is 10.5. The number of carbonyl (C=O) groups is 1. The third kappa shape index (κ3) is 5.01. The van der Waals surface area contributed by atoms with E-state index in [1.54, 1.807) is 0 Å². The van der Waals surface area contributed by atoms with Crippen molar-refractivity contribution in [3.63, 3.8) is 0 Å². The molecule has 0 aliphatic carbocycles. The van der Waals surface area contributed by atoms with E-state index in [0.29, 0.717) is 5.02 Å². The number of methoxy groups -OCH3 is 1. The van der Waals surface area contributed by atoms with E-state index in [1.165, 1.54) is 32.5 Å². The molecule has 0 amide bonds. The number of aromatic nitrogens is 1. The Balaban J connectivity index is 2.64. The van der Waals surface area contributed by atoms with Crippen LogP contribution in [-0.4, -0.2) is 44.4 Å². The van der Waals surface area contributed by atoms with Gasteiger partial charge in [0.05, 0.1) is 18.6 Å². The summed E-state index contributed by atoms with van der Waals surface area (Å²) >= 11 is 5.64. The summed E-state index contributed by atoms with van der Waals surface area (Å²) in [5.74, 6) is -0.332. The number of nitrogens with zero attached hydrogens (tertiary/aromatic N) is 2. The fourth-order valence-corrected chi connectivity index (χ4v) is 2.10. The van der Waals surface area contributed by atoms with E-state index in [4.69, 9.17) is 11.6 Å². The van der Waals surface area contributed by atoms with Crippen LogP contribution in [0.2, 0.25) is 5.02 Å². The fraction of sp³-hybridized carbons (Fsp3) is 0.400. The predicted octanol–water partition coefficient (Wildman–Crippen LogP) is 0.887. The average Bonchev–Trinajstić information content (AvgIpc) is 2.37. The molecule has 7 nitrogen and oxygen atoms in total. The van der Waals surface area contributed by atoms with Gasteiger partial charge in [-0.05, 0) is 12.1 Å². The lowest BCUT2D eigenvalue weighted by atomic mass is 10.4. The zero-order chi connectivity index (χ0) is 14.5. The van der Waals surface area contributed by atoms with Crippen molar-refractivity contribution < 1.29 is 17.9 Å². The van der Waals surface area contributed by atoms with Crippen LogP contribution in [-0.2, 0) is 19.7 Å². The van der Waals surface area contributed by atoms with Crippen molar-refractivity contribution in [1.82, 2.24) is 9.29 Å². The van der Waals surface area contributed by atoms with E-state index >= 15 is 0 Å². The van der Waals surface area contributed by atoms with Crippen molar-refractivity contribution in [2.75, 3.05) is 25.4 Å². The molecule has 106 valence electrons. The molecule has 0 bridgehead atoms. The van der Waals surface area contributed by atoms with Gasteiger partial charge < -0.3 is 4.74 Å². The summed E-state index contributed by atoms with van der Waals surface area (Å²) in [7, 11) is -1.17. The van der Waals surface area contributed by atoms with Gasteiger partial charge in [0.2, 0.25) is 0 Å². The maximum Gasteiger partial charge on any atom is 0.306 e. The third-order valence-corrected chi connectivity index (χ3v) is 3.92. The molecule has 0 fully saturated rings. The van der Waals surface area contributed by atoms with E-state index in [2.05, 4.69) is 14.4 Å². The monoisotopic (exact) mass is 307 g/mol. The summed E-state index contributed by atoms with van der Waals surface area (Å²) in [4.78, 5) is 14.8. The van der Waals surface area contributed by atoms with Gasteiger partial charge >= 0.3 is 16.2 Å². The van der Waals surface area contributed by atoms with Gasteiger partial charge in [-0.15, -0.1) is 0 Å². The van der Waals surface area contributed by atoms with Crippen LogP contribution in [0.3, 0.4) is 0 Å². The second-order valence-corrected chi connectivity index (χ2v) is 5.83. The summed E-state index contributed by atoms with van der Waals surface area (Å²) in [6.45, 7) is 0.00952. The quantitative estimate of drug-likeness (QED) is 0.788. The van der Waals surface area contributed by atoms with Gasteiger partial charge in [-0.25, -0.2) is 4.98 Å². The second kappa shape index (κ2) is 6.69. The Kier molecular flexibility index (Phi) is 5.52. The number of halogens is 1. The first-order valence-electron chi connectivity index (χ1n) is 5.27. The maximum absolute atomic E-state index is 11.9. The van der Waals surface area contributed by atoms with Crippen LogP contribution in [0.1, 0.15) is 6.42 Å². The number of esters is 1. The normalized spacial score (nSPS) is 11.4. The van der Waals surface area contributed by atoms with Gasteiger partial charge in [-0.1, -0.05) is 11.6 Å². The highest BCUT2D eigenvalue weighted by Crippen LogP contribution is 2.12. The van der Waals surface area contributed by atoms with Crippen molar-refractivity contribution >= 4 is 33.6 Å². The molecule has 9 heteroatoms. The highest BCUT2D eigenvalue weighted by atomic mass is 35.5. The molecular weight excluding hydrogens is 294 g/mol. The summed E-state index contributed by atoms with van der Waals surface area (Å²) in [5, 5.41) is 0.405. The van der Waals surface area contributed by atoms with E-state index in [0.717, 1.165) is 4.31 Å². The van der Waals surface area contributed by atoms with Crippen LogP contribution < -0.4 is 4.72 Å². The Hall–Kier alpha value is -1.38. The van der Waals surface area contributed by atoms with Crippen molar-refractivity contribution in [3.05, 3.63) is 23.4 Å². The average molecular weight is 308 g/mol. The van der Waals surface area contributed by atoms with Crippen LogP contribution in [0.25, 0.3) is 0 Å². The van der Waals surface area contributed by atoms with Crippen molar-refractivity contribution in [2.45, 2.75) is 6.42 Å². The van der Waals surface area contributed by atoms with Crippen molar-refractivity contribution in [1.29, 1.82) is 0 Å². The minimum atomic E-state index is -3.76.